The molecule has 0 saturated heterocycles. The molecule has 0 bridgehead atoms. The fraction of sp³-hybridized carbons (Fsp3) is 0.115. The number of nitrogens with one attached hydrogen (secondary N) is 2. The van der Waals surface area contributed by atoms with Gasteiger partial charge in [-0.2, -0.15) is 0 Å². The Morgan fingerprint density at radius 2 is 1.71 bits per heavy atom. The summed E-state index contributed by atoms with van der Waals surface area (Å²) in [5, 5.41) is 6.98. The van der Waals surface area contributed by atoms with E-state index in [4.69, 9.17) is 38.0 Å². The zero-order valence-corrected chi connectivity index (χ0v) is 20.8. The number of ether oxygens (including phenoxy) is 3. The number of carbonyl (C=O) groups excluding carboxylic acids is 1. The Hall–Kier alpha value is -3.88. The summed E-state index contributed by atoms with van der Waals surface area (Å²) >= 11 is 11.4. The Balaban J connectivity index is 1.50. The van der Waals surface area contributed by atoms with Crippen LogP contribution >= 0.6 is 23.8 Å². The number of thiocarbonyl (C=S) groups is 1. The molecule has 0 aliphatic carbocycles. The molecule has 3 aromatic carbocycles. The monoisotopic (exact) mass is 507 g/mol. The molecule has 0 aliphatic rings. The number of aromatic nitrogens is 1. The van der Waals surface area contributed by atoms with E-state index < -0.39 is 0 Å². The number of methoxy groups -OCH3 is 2. The first-order valence-electron chi connectivity index (χ1n) is 10.6. The van der Waals surface area contributed by atoms with Gasteiger partial charge in [-0.1, -0.05) is 23.7 Å². The fourth-order valence-electron chi connectivity index (χ4n) is 3.47. The van der Waals surface area contributed by atoms with Gasteiger partial charge in [0.2, 0.25) is 0 Å². The number of carbonyl (C=O) groups is 1. The molecule has 0 radical (unpaired) electrons. The molecule has 1 heterocycles. The fourth-order valence-corrected chi connectivity index (χ4v) is 3.90. The van der Waals surface area contributed by atoms with Crippen molar-refractivity contribution in [3.8, 4) is 23.0 Å². The minimum Gasteiger partial charge on any atom is -0.493 e. The van der Waals surface area contributed by atoms with E-state index in [9.17, 15) is 4.79 Å². The Kier molecular flexibility index (Phi) is 7.33. The first-order valence-corrected chi connectivity index (χ1v) is 11.3. The molecule has 1 amide bonds. The molecule has 0 unspecified atom stereocenters. The van der Waals surface area contributed by atoms with Gasteiger partial charge in [-0.15, -0.1) is 0 Å². The van der Waals surface area contributed by atoms with Crippen LogP contribution in [0.2, 0.25) is 5.02 Å². The van der Waals surface area contributed by atoms with Crippen molar-refractivity contribution in [1.29, 1.82) is 0 Å². The van der Waals surface area contributed by atoms with Gasteiger partial charge >= 0.3 is 0 Å². The van der Waals surface area contributed by atoms with Crippen LogP contribution in [-0.4, -0.2) is 30.2 Å². The van der Waals surface area contributed by atoms with Crippen molar-refractivity contribution >= 4 is 51.4 Å². The molecule has 0 saturated carbocycles. The lowest BCUT2D eigenvalue weighted by Crippen LogP contribution is -2.34. The number of rotatable bonds is 6. The van der Waals surface area contributed by atoms with Gasteiger partial charge in [0.05, 0.1) is 30.3 Å². The third-order valence-electron chi connectivity index (χ3n) is 5.23. The average molecular weight is 508 g/mol. The van der Waals surface area contributed by atoms with E-state index >= 15 is 0 Å². The second kappa shape index (κ2) is 10.6. The van der Waals surface area contributed by atoms with E-state index in [1.807, 2.05) is 25.1 Å². The topological polar surface area (TPSA) is 81.7 Å². The largest absolute Gasteiger partial charge is 0.493 e. The maximum atomic E-state index is 12.4. The first kappa shape index (κ1) is 24.3. The van der Waals surface area contributed by atoms with Crippen LogP contribution in [0.4, 0.5) is 5.69 Å². The molecular weight excluding hydrogens is 486 g/mol. The van der Waals surface area contributed by atoms with Crippen LogP contribution < -0.4 is 24.8 Å². The number of halogens is 1. The second-order valence-electron chi connectivity index (χ2n) is 7.50. The van der Waals surface area contributed by atoms with Gasteiger partial charge in [-0.25, -0.2) is 0 Å². The molecule has 4 rings (SSSR count). The molecule has 1 aromatic heterocycles. The number of hydrogen-bond acceptors (Lipinski definition) is 6. The predicted octanol–water partition coefficient (Wildman–Crippen LogP) is 6.13. The molecule has 2 N–H and O–H groups in total. The smallest absolute Gasteiger partial charge is 0.258 e. The van der Waals surface area contributed by atoms with E-state index in [2.05, 4.69) is 15.6 Å². The highest BCUT2D eigenvalue weighted by atomic mass is 35.5. The molecule has 7 nitrogen and oxygen atoms in total. The third kappa shape index (κ3) is 5.45. The zero-order valence-electron chi connectivity index (χ0n) is 19.2. The van der Waals surface area contributed by atoms with Gasteiger partial charge in [0, 0.05) is 23.3 Å². The molecule has 178 valence electrons. The summed E-state index contributed by atoms with van der Waals surface area (Å²) in [7, 11) is 3.16. The number of aryl methyl sites for hydroxylation is 1. The van der Waals surface area contributed by atoms with Gasteiger partial charge in [-0.05, 0) is 67.2 Å². The molecule has 0 spiro atoms. The normalized spacial score (nSPS) is 10.5. The van der Waals surface area contributed by atoms with Crippen LogP contribution in [0.15, 0.2) is 66.9 Å². The molecule has 35 heavy (non-hydrogen) atoms. The molecule has 4 aromatic rings. The SMILES string of the molecule is COc1cc2nccc(Oc3ccc(NC(=S)NC(=O)c4ccccc4Cl)c(C)c3)c2cc1OC. The average Bonchev–Trinajstić information content (AvgIpc) is 2.85. The summed E-state index contributed by atoms with van der Waals surface area (Å²) in [6, 6.07) is 17.7. The summed E-state index contributed by atoms with van der Waals surface area (Å²) < 4.78 is 16.9. The van der Waals surface area contributed by atoms with Crippen molar-refractivity contribution in [2.75, 3.05) is 19.5 Å². The van der Waals surface area contributed by atoms with E-state index in [0.29, 0.717) is 33.6 Å². The number of amides is 1. The van der Waals surface area contributed by atoms with Crippen LogP contribution in [-0.2, 0) is 0 Å². The van der Waals surface area contributed by atoms with Crippen LogP contribution in [0, 0.1) is 6.92 Å². The number of pyridine rings is 1. The minimum absolute atomic E-state index is 0.160. The quantitative estimate of drug-likeness (QED) is 0.304. The Morgan fingerprint density at radius 1 is 0.971 bits per heavy atom. The van der Waals surface area contributed by atoms with Crippen molar-refractivity contribution < 1.29 is 19.0 Å². The minimum atomic E-state index is -0.387. The highest BCUT2D eigenvalue weighted by Gasteiger charge is 2.14. The van der Waals surface area contributed by atoms with Crippen LogP contribution in [0.25, 0.3) is 10.9 Å². The Bertz CT molecular complexity index is 1430. The standard InChI is InChI=1S/C26H22ClN3O4S/c1-15-12-16(34-22-10-11-28-21-14-24(33-3)23(32-2)13-18(21)22)8-9-20(15)29-26(35)30-25(31)17-6-4-5-7-19(17)27/h4-14H,1-3H3,(H2,29,30,31,35). The molecule has 0 fully saturated rings. The molecule has 0 atom stereocenters. The number of hydrogen-bond donors (Lipinski definition) is 2. The number of anilines is 1. The highest BCUT2D eigenvalue weighted by molar-refractivity contribution is 7.80. The first-order chi connectivity index (χ1) is 16.9. The number of nitrogens with zero attached hydrogens (tertiary/aromatic N) is 1. The summed E-state index contributed by atoms with van der Waals surface area (Å²) in [4.78, 5) is 16.8. The highest BCUT2D eigenvalue weighted by Crippen LogP contribution is 2.37. The van der Waals surface area contributed by atoms with Gasteiger partial charge in [-0.3, -0.25) is 15.1 Å². The lowest BCUT2D eigenvalue weighted by Gasteiger charge is -2.15. The van der Waals surface area contributed by atoms with E-state index in [0.717, 1.165) is 22.2 Å². The van der Waals surface area contributed by atoms with Crippen LogP contribution in [0.5, 0.6) is 23.0 Å². The lowest BCUT2D eigenvalue weighted by molar-refractivity contribution is 0.0978. The summed E-state index contributed by atoms with van der Waals surface area (Å²) in [5.74, 6) is 2.04. The predicted molar refractivity (Wildman–Crippen MR) is 141 cm³/mol. The van der Waals surface area contributed by atoms with E-state index in [-0.39, 0.29) is 11.0 Å². The zero-order chi connectivity index (χ0) is 24.9. The van der Waals surface area contributed by atoms with Crippen LogP contribution in [0.3, 0.4) is 0 Å². The van der Waals surface area contributed by atoms with Crippen molar-refractivity contribution in [2.24, 2.45) is 0 Å². The number of fused-ring (bicyclic) bond motifs is 1. The van der Waals surface area contributed by atoms with Gasteiger partial charge < -0.3 is 19.5 Å². The number of benzene rings is 3. The maximum absolute atomic E-state index is 12.4. The second-order valence-corrected chi connectivity index (χ2v) is 8.32. The van der Waals surface area contributed by atoms with Gasteiger partial charge in [0.1, 0.15) is 11.5 Å². The maximum Gasteiger partial charge on any atom is 0.258 e. The lowest BCUT2D eigenvalue weighted by atomic mass is 10.1. The molecular formula is C26H22ClN3O4S. The Morgan fingerprint density at radius 3 is 2.43 bits per heavy atom. The summed E-state index contributed by atoms with van der Waals surface area (Å²) in [6.07, 6.45) is 1.67. The molecule has 9 heteroatoms. The van der Waals surface area contributed by atoms with Gasteiger partial charge in [0.25, 0.3) is 5.91 Å². The summed E-state index contributed by atoms with van der Waals surface area (Å²) in [6.45, 7) is 1.91. The van der Waals surface area contributed by atoms with Crippen molar-refractivity contribution in [3.05, 3.63) is 83.0 Å². The summed E-state index contributed by atoms with van der Waals surface area (Å²) in [5.41, 5.74) is 2.66. The molecule has 0 aliphatic heterocycles. The van der Waals surface area contributed by atoms with Crippen LogP contribution in [0.1, 0.15) is 15.9 Å². The van der Waals surface area contributed by atoms with Crippen molar-refractivity contribution in [3.63, 3.8) is 0 Å². The Labute approximate surface area is 213 Å². The third-order valence-corrected chi connectivity index (χ3v) is 5.76. The van der Waals surface area contributed by atoms with Crippen molar-refractivity contribution in [1.82, 2.24) is 10.3 Å². The van der Waals surface area contributed by atoms with Gasteiger partial charge in [0.15, 0.2) is 16.6 Å². The van der Waals surface area contributed by atoms with E-state index in [1.54, 1.807) is 62.9 Å². The van der Waals surface area contributed by atoms with Crippen molar-refractivity contribution in [2.45, 2.75) is 6.92 Å². The van der Waals surface area contributed by atoms with E-state index in [1.165, 1.54) is 0 Å².